The van der Waals surface area contributed by atoms with Gasteiger partial charge in [-0.2, -0.15) is 0 Å². The Morgan fingerprint density at radius 1 is 0.750 bits per heavy atom. The third-order valence-corrected chi connectivity index (χ3v) is 3.54. The van der Waals surface area contributed by atoms with E-state index in [9.17, 15) is 4.79 Å². The molecule has 1 atom stereocenters. The molecule has 178 valence electrons. The van der Waals surface area contributed by atoms with Crippen molar-refractivity contribution in [2.24, 2.45) is 5.92 Å². The fraction of sp³-hybridized carbons (Fsp3) is 0.435. The van der Waals surface area contributed by atoms with Gasteiger partial charge in [0.1, 0.15) is 5.78 Å². The average molecular weight is 532 g/mol. The summed E-state index contributed by atoms with van der Waals surface area (Å²) in [4.78, 5) is 12.0. The molecular weight excluding hydrogens is 506 g/mol. The fourth-order valence-corrected chi connectivity index (χ4v) is 2.20. The monoisotopic (exact) mass is 532 g/mol. The number of rotatable bonds is 9. The second-order valence-corrected chi connectivity index (χ2v) is 5.20. The zero-order valence-corrected chi connectivity index (χ0v) is 20.0. The van der Waals surface area contributed by atoms with Gasteiger partial charge in [0.05, 0.1) is 0 Å². The zero-order chi connectivity index (χ0) is 25.2. The SMILES string of the molecule is CCCCCC[C@H](C)C(=O)CCc1ccccc1.[C-]#[O+].[C-]#[O+].[C-]#[O+].[C-]#[O+].[C-]#[O+].[C-]#[O+].[Co].[Co]. The van der Waals surface area contributed by atoms with Crippen LogP contribution in [0.4, 0.5) is 0 Å². The molecule has 0 aliphatic rings. The summed E-state index contributed by atoms with van der Waals surface area (Å²) in [6, 6.07) is 10.3. The Kier molecular flexibility index (Phi) is 103. The summed E-state index contributed by atoms with van der Waals surface area (Å²) >= 11 is 0. The van der Waals surface area contributed by atoms with Crippen LogP contribution in [0, 0.1) is 45.8 Å². The molecule has 2 radical (unpaired) electrons. The third-order valence-electron chi connectivity index (χ3n) is 3.54. The first kappa shape index (κ1) is 52.3. The van der Waals surface area contributed by atoms with Crippen molar-refractivity contribution >= 4 is 5.78 Å². The molecule has 0 fully saturated rings. The summed E-state index contributed by atoms with van der Waals surface area (Å²) < 4.78 is 45.0. The van der Waals surface area contributed by atoms with E-state index in [-0.39, 0.29) is 39.5 Å². The van der Waals surface area contributed by atoms with Gasteiger partial charge in [-0.15, -0.1) is 0 Å². The van der Waals surface area contributed by atoms with Crippen molar-refractivity contribution in [1.82, 2.24) is 0 Å². The van der Waals surface area contributed by atoms with Gasteiger partial charge >= 0.3 is 67.8 Å². The van der Waals surface area contributed by atoms with Crippen molar-refractivity contribution in [2.45, 2.75) is 58.8 Å². The van der Waals surface area contributed by atoms with Gasteiger partial charge in [0.25, 0.3) is 0 Å². The standard InChI is InChI=1S/C17H26O.6CO.2Co/c1-3-4-5-7-10-15(2)17(18)14-13-16-11-8-6-9-12-16;6*1-2;;/h6,8-9,11-12,15H,3-5,7,10,13-14H2,1-2H3;;;;;;;;/t15-;;;;;;;;/m0......../s1. The molecule has 1 aromatic carbocycles. The van der Waals surface area contributed by atoms with E-state index < -0.39 is 0 Å². The molecule has 1 aromatic rings. The topological polar surface area (TPSA) is 136 Å². The van der Waals surface area contributed by atoms with Crippen molar-refractivity contribution in [1.29, 1.82) is 0 Å². The van der Waals surface area contributed by atoms with Gasteiger partial charge < -0.3 is 0 Å². The maximum absolute atomic E-state index is 12.0. The molecule has 32 heavy (non-hydrogen) atoms. The van der Waals surface area contributed by atoms with Crippen LogP contribution in [0.5, 0.6) is 0 Å². The summed E-state index contributed by atoms with van der Waals surface area (Å²) in [7, 11) is 0. The second-order valence-electron chi connectivity index (χ2n) is 5.20. The Balaban J connectivity index is -0.0000000594. The van der Waals surface area contributed by atoms with E-state index in [1.165, 1.54) is 31.2 Å². The minimum absolute atomic E-state index is 0. The van der Waals surface area contributed by atoms with Gasteiger partial charge in [0, 0.05) is 45.9 Å². The number of hydrogen-bond donors (Lipinski definition) is 0. The first-order chi connectivity index (χ1) is 14.7. The summed E-state index contributed by atoms with van der Waals surface area (Å²) in [5.41, 5.74) is 1.27. The fourth-order valence-electron chi connectivity index (χ4n) is 2.20. The zero-order valence-electron chi connectivity index (χ0n) is 17.9. The number of carbonyl (C=O) groups excluding carboxylic acids is 1. The van der Waals surface area contributed by atoms with Crippen molar-refractivity contribution in [3.63, 3.8) is 0 Å². The predicted molar refractivity (Wildman–Crippen MR) is 101 cm³/mol. The number of ketones is 1. The Morgan fingerprint density at radius 2 is 1.16 bits per heavy atom. The Bertz CT molecular complexity index is 530. The van der Waals surface area contributed by atoms with Crippen LogP contribution < -0.4 is 0 Å². The van der Waals surface area contributed by atoms with Crippen LogP contribution in [0.15, 0.2) is 30.3 Å². The molecule has 0 unspecified atom stereocenters. The first-order valence-electron chi connectivity index (χ1n) is 8.53. The van der Waals surface area contributed by atoms with Crippen molar-refractivity contribution in [3.8, 4) is 0 Å². The van der Waals surface area contributed by atoms with Gasteiger partial charge in [-0.05, 0) is 18.4 Å². The number of unbranched alkanes of at least 4 members (excludes halogenated alkanes) is 3. The molecule has 0 N–H and O–H groups in total. The second kappa shape index (κ2) is 63.0. The first-order valence-corrected chi connectivity index (χ1v) is 8.53. The molecule has 0 heterocycles. The molecule has 0 bridgehead atoms. The molecule has 0 saturated carbocycles. The van der Waals surface area contributed by atoms with Crippen LogP contribution in [-0.4, -0.2) is 5.78 Å². The van der Waals surface area contributed by atoms with Crippen molar-refractivity contribution in [3.05, 3.63) is 75.8 Å². The van der Waals surface area contributed by atoms with E-state index in [1.54, 1.807) is 0 Å². The number of Topliss-reactive ketones (excluding diaryl/α,β-unsaturated/α-hetero) is 1. The number of carbonyl (C=O) groups is 1. The normalized spacial score (nSPS) is 7.31. The number of benzene rings is 1. The molecule has 0 spiro atoms. The predicted octanol–water partition coefficient (Wildman–Crippen LogP) is 4.56. The summed E-state index contributed by atoms with van der Waals surface area (Å²) in [5, 5.41) is 0. The van der Waals surface area contributed by atoms with Gasteiger partial charge in [0.15, 0.2) is 0 Å². The Hall–Kier alpha value is -1.66. The number of hydrogen-bond acceptors (Lipinski definition) is 1. The van der Waals surface area contributed by atoms with Crippen LogP contribution in [-0.2, 0) is 72.7 Å². The van der Waals surface area contributed by atoms with Crippen LogP contribution >= 0.6 is 0 Å². The average Bonchev–Trinajstić information content (AvgIpc) is 2.88. The summed E-state index contributed by atoms with van der Waals surface area (Å²) in [5.74, 6) is 0.668. The largest absolute Gasteiger partial charge is 0 e. The van der Waals surface area contributed by atoms with Gasteiger partial charge in [-0.25, -0.2) is 0 Å². The van der Waals surface area contributed by atoms with Gasteiger partial charge in [-0.3, -0.25) is 4.79 Å². The molecule has 0 aromatic heterocycles. The smallest absolute Gasteiger partial charge is 0 e. The van der Waals surface area contributed by atoms with E-state index >= 15 is 0 Å². The van der Waals surface area contributed by atoms with Crippen LogP contribution in [0.1, 0.15) is 57.9 Å². The minimum atomic E-state index is 0. The van der Waals surface area contributed by atoms with Gasteiger partial charge in [-0.1, -0.05) is 69.9 Å². The molecule has 0 saturated heterocycles. The van der Waals surface area contributed by atoms with E-state index in [0.29, 0.717) is 12.2 Å². The molecular formula is C23H26Co2O7. The maximum atomic E-state index is 12.0. The minimum Gasteiger partial charge on any atom is 0 e. The molecule has 7 nitrogen and oxygen atoms in total. The van der Waals surface area contributed by atoms with Gasteiger partial charge in [0.2, 0.25) is 0 Å². The van der Waals surface area contributed by atoms with E-state index in [0.717, 1.165) is 12.8 Å². The molecule has 0 amide bonds. The van der Waals surface area contributed by atoms with Crippen LogP contribution in [0.2, 0.25) is 0 Å². The number of aryl methyl sites for hydroxylation is 1. The van der Waals surface area contributed by atoms with Crippen LogP contribution in [0.25, 0.3) is 0 Å². The summed E-state index contributed by atoms with van der Waals surface area (Å²) in [6.07, 6.45) is 7.67. The molecule has 1 rings (SSSR count). The third kappa shape index (κ3) is 46.5. The molecule has 9 heteroatoms. The molecule has 0 aliphatic carbocycles. The van der Waals surface area contributed by atoms with Crippen LogP contribution in [0.3, 0.4) is 0 Å². The molecule has 0 aliphatic heterocycles. The maximum Gasteiger partial charge on any atom is 0 e. The van der Waals surface area contributed by atoms with E-state index in [2.05, 4.69) is 65.9 Å². The van der Waals surface area contributed by atoms with Crippen molar-refractivity contribution < 1.29 is 66.3 Å². The van der Waals surface area contributed by atoms with E-state index in [1.807, 2.05) is 18.2 Å². The Labute approximate surface area is 212 Å². The van der Waals surface area contributed by atoms with E-state index in [4.69, 9.17) is 27.9 Å². The van der Waals surface area contributed by atoms with Crippen molar-refractivity contribution in [2.75, 3.05) is 0 Å². The Morgan fingerprint density at radius 3 is 1.53 bits per heavy atom. The quantitative estimate of drug-likeness (QED) is 0.257. The summed E-state index contributed by atoms with van der Waals surface area (Å²) in [6.45, 7) is 31.3.